The van der Waals surface area contributed by atoms with E-state index in [4.69, 9.17) is 15.0 Å². The van der Waals surface area contributed by atoms with Crippen LogP contribution in [0.15, 0.2) is 16.7 Å². The molecule has 0 aromatic carbocycles. The Morgan fingerprint density at radius 2 is 2.28 bits per heavy atom. The molecule has 5 nitrogen and oxygen atoms in total. The van der Waals surface area contributed by atoms with Gasteiger partial charge in [-0.1, -0.05) is 5.16 Å². The summed E-state index contributed by atoms with van der Waals surface area (Å²) < 4.78 is 11.1. The van der Waals surface area contributed by atoms with Crippen LogP contribution < -0.4 is 5.73 Å². The van der Waals surface area contributed by atoms with Crippen molar-refractivity contribution in [3.8, 4) is 10.8 Å². The maximum absolute atomic E-state index is 5.82. The van der Waals surface area contributed by atoms with Gasteiger partial charge in [0.15, 0.2) is 5.82 Å². The third kappa shape index (κ3) is 1.56. The molecule has 0 spiro atoms. The lowest BCUT2D eigenvalue weighted by molar-refractivity contribution is 0.0996. The van der Waals surface area contributed by atoms with Crippen molar-refractivity contribution in [2.24, 2.45) is 0 Å². The summed E-state index contributed by atoms with van der Waals surface area (Å²) in [5, 5.41) is 4.86. The van der Waals surface area contributed by atoms with Crippen LogP contribution in [0, 0.1) is 0 Å². The van der Waals surface area contributed by atoms with Crippen LogP contribution in [-0.2, 0) is 4.74 Å². The lowest BCUT2D eigenvalue weighted by Crippen LogP contribution is -2.15. The van der Waals surface area contributed by atoms with E-state index in [1.54, 1.807) is 0 Å². The molecule has 2 saturated heterocycles. The summed E-state index contributed by atoms with van der Waals surface area (Å²) in [4.78, 5) is 5.42. The minimum absolute atomic E-state index is 0.286. The Bertz CT molecular complexity index is 579. The number of nitrogen functional groups attached to an aromatic ring is 1. The van der Waals surface area contributed by atoms with Crippen molar-refractivity contribution >= 4 is 16.3 Å². The molecule has 2 aromatic rings. The average molecular weight is 263 g/mol. The fourth-order valence-corrected chi connectivity index (χ4v) is 3.56. The van der Waals surface area contributed by atoms with Gasteiger partial charge < -0.3 is 15.0 Å². The number of ether oxygens (including phenoxy) is 1. The van der Waals surface area contributed by atoms with Crippen molar-refractivity contribution in [3.63, 3.8) is 0 Å². The zero-order valence-corrected chi connectivity index (χ0v) is 10.5. The molecule has 2 aromatic heterocycles. The van der Waals surface area contributed by atoms with E-state index in [1.165, 1.54) is 17.8 Å². The van der Waals surface area contributed by atoms with Gasteiger partial charge in [0, 0.05) is 0 Å². The first kappa shape index (κ1) is 10.5. The highest BCUT2D eigenvalue weighted by Crippen LogP contribution is 2.44. The van der Waals surface area contributed by atoms with Crippen LogP contribution in [0.4, 0.5) is 5.00 Å². The van der Waals surface area contributed by atoms with Gasteiger partial charge in [-0.05, 0) is 31.4 Å². The molecule has 0 amide bonds. The Balaban J connectivity index is 1.62. The molecule has 2 fully saturated rings. The summed E-state index contributed by atoms with van der Waals surface area (Å²) in [5.74, 6) is 1.65. The van der Waals surface area contributed by atoms with E-state index < -0.39 is 0 Å². The third-order valence-corrected chi connectivity index (χ3v) is 4.62. The van der Waals surface area contributed by atoms with Gasteiger partial charge >= 0.3 is 0 Å². The van der Waals surface area contributed by atoms with Crippen molar-refractivity contribution in [2.45, 2.75) is 37.4 Å². The molecule has 18 heavy (non-hydrogen) atoms. The molecule has 4 rings (SSSR count). The molecule has 94 valence electrons. The second kappa shape index (κ2) is 3.80. The summed E-state index contributed by atoms with van der Waals surface area (Å²) in [6.45, 7) is 0. The van der Waals surface area contributed by atoms with E-state index in [0.29, 0.717) is 17.9 Å². The minimum Gasteiger partial charge on any atom is -0.391 e. The van der Waals surface area contributed by atoms with Crippen LogP contribution in [0.5, 0.6) is 0 Å². The van der Waals surface area contributed by atoms with Gasteiger partial charge in [-0.2, -0.15) is 4.98 Å². The minimum atomic E-state index is 0.286. The van der Waals surface area contributed by atoms with Crippen molar-refractivity contribution in [2.75, 3.05) is 5.73 Å². The van der Waals surface area contributed by atoms with Gasteiger partial charge in [0.2, 0.25) is 0 Å². The van der Waals surface area contributed by atoms with Crippen LogP contribution in [0.1, 0.15) is 31.0 Å². The highest BCUT2D eigenvalue weighted by atomic mass is 32.1. The maximum Gasteiger partial charge on any atom is 0.268 e. The first-order chi connectivity index (χ1) is 8.79. The van der Waals surface area contributed by atoms with Gasteiger partial charge in [-0.15, -0.1) is 11.3 Å². The van der Waals surface area contributed by atoms with Crippen LogP contribution in [0.2, 0.25) is 0 Å². The molecule has 3 unspecified atom stereocenters. The summed E-state index contributed by atoms with van der Waals surface area (Å²) in [7, 11) is 0. The van der Waals surface area contributed by atoms with E-state index in [1.807, 2.05) is 12.1 Å². The van der Waals surface area contributed by atoms with E-state index in [-0.39, 0.29) is 6.10 Å². The van der Waals surface area contributed by atoms with Crippen LogP contribution in [0.25, 0.3) is 10.8 Å². The molecular weight excluding hydrogens is 250 g/mol. The molecule has 2 aliphatic rings. The molecule has 0 saturated carbocycles. The zero-order chi connectivity index (χ0) is 12.1. The molecule has 3 atom stereocenters. The molecule has 2 bridgehead atoms. The summed E-state index contributed by atoms with van der Waals surface area (Å²) in [5.41, 5.74) is 5.70. The highest BCUT2D eigenvalue weighted by molar-refractivity contribution is 7.19. The molecule has 4 heterocycles. The van der Waals surface area contributed by atoms with E-state index in [9.17, 15) is 0 Å². The quantitative estimate of drug-likeness (QED) is 0.900. The lowest BCUT2D eigenvalue weighted by Gasteiger charge is -2.13. The van der Waals surface area contributed by atoms with Crippen molar-refractivity contribution in [1.29, 1.82) is 0 Å². The number of aromatic nitrogens is 2. The summed E-state index contributed by atoms with van der Waals surface area (Å²) >= 11 is 1.46. The highest BCUT2D eigenvalue weighted by Gasteiger charge is 2.43. The van der Waals surface area contributed by atoms with Gasteiger partial charge in [0.25, 0.3) is 5.89 Å². The second-order valence-electron chi connectivity index (χ2n) is 4.88. The Morgan fingerprint density at radius 1 is 1.33 bits per heavy atom. The van der Waals surface area contributed by atoms with Crippen LogP contribution >= 0.6 is 11.3 Å². The normalized spacial score (nSPS) is 30.1. The smallest absolute Gasteiger partial charge is 0.268 e. The number of fused-ring (bicyclic) bond motifs is 2. The number of rotatable bonds is 2. The SMILES string of the molecule is Nc1ccc(-c2nc(C3CC4CCC3O4)no2)s1. The topological polar surface area (TPSA) is 74.2 Å². The fourth-order valence-electron chi connectivity index (χ4n) is 2.86. The first-order valence-electron chi connectivity index (χ1n) is 6.14. The predicted octanol–water partition coefficient (Wildman–Crippen LogP) is 2.42. The van der Waals surface area contributed by atoms with Crippen LogP contribution in [0.3, 0.4) is 0 Å². The Labute approximate surface area is 108 Å². The standard InChI is InChI=1S/C12H13N3O2S/c13-10-4-3-9(18-10)12-14-11(15-17-12)7-5-6-1-2-8(7)16-6/h3-4,6-8H,1-2,5,13H2. The van der Waals surface area contributed by atoms with Crippen molar-refractivity contribution in [1.82, 2.24) is 10.1 Å². The molecule has 0 radical (unpaired) electrons. The number of nitrogens with zero attached hydrogens (tertiary/aromatic N) is 2. The third-order valence-electron chi connectivity index (χ3n) is 3.72. The number of hydrogen-bond acceptors (Lipinski definition) is 6. The number of nitrogens with two attached hydrogens (primary N) is 1. The predicted molar refractivity (Wildman–Crippen MR) is 67.3 cm³/mol. The van der Waals surface area contributed by atoms with Gasteiger partial charge in [0.05, 0.1) is 28.0 Å². The number of thiophene rings is 1. The average Bonchev–Trinajstić information content (AvgIpc) is 3.12. The van der Waals surface area contributed by atoms with E-state index in [0.717, 1.165) is 28.5 Å². The number of anilines is 1. The van der Waals surface area contributed by atoms with E-state index >= 15 is 0 Å². The van der Waals surface area contributed by atoms with Gasteiger partial charge in [0.1, 0.15) is 0 Å². The van der Waals surface area contributed by atoms with Crippen molar-refractivity contribution in [3.05, 3.63) is 18.0 Å². The Morgan fingerprint density at radius 3 is 2.94 bits per heavy atom. The number of hydrogen-bond donors (Lipinski definition) is 1. The Kier molecular flexibility index (Phi) is 2.22. The molecule has 2 aliphatic heterocycles. The van der Waals surface area contributed by atoms with Crippen LogP contribution in [-0.4, -0.2) is 22.3 Å². The zero-order valence-electron chi connectivity index (χ0n) is 9.70. The lowest BCUT2D eigenvalue weighted by atomic mass is 9.89. The summed E-state index contributed by atoms with van der Waals surface area (Å²) in [6, 6.07) is 3.76. The van der Waals surface area contributed by atoms with Crippen molar-refractivity contribution < 1.29 is 9.26 Å². The molecule has 0 aliphatic carbocycles. The monoisotopic (exact) mass is 263 g/mol. The van der Waals surface area contributed by atoms with E-state index in [2.05, 4.69) is 10.1 Å². The fraction of sp³-hybridized carbons (Fsp3) is 0.500. The molecule has 6 heteroatoms. The molecular formula is C12H13N3O2S. The first-order valence-corrected chi connectivity index (χ1v) is 6.96. The summed E-state index contributed by atoms with van der Waals surface area (Å²) in [6.07, 6.45) is 4.00. The second-order valence-corrected chi connectivity index (χ2v) is 5.99. The maximum atomic E-state index is 5.82. The van der Waals surface area contributed by atoms with Gasteiger partial charge in [-0.25, -0.2) is 0 Å². The molecule has 2 N–H and O–H groups in total. The van der Waals surface area contributed by atoms with Gasteiger partial charge in [-0.3, -0.25) is 0 Å². The largest absolute Gasteiger partial charge is 0.391 e. The Hall–Kier alpha value is -1.40.